The van der Waals surface area contributed by atoms with E-state index in [1.54, 1.807) is 0 Å². The Balaban J connectivity index is 2.53. The Labute approximate surface area is 76.1 Å². The summed E-state index contributed by atoms with van der Waals surface area (Å²) < 4.78 is 0. The minimum atomic E-state index is -0.509. The summed E-state index contributed by atoms with van der Waals surface area (Å²) in [4.78, 5) is 0. The maximum absolute atomic E-state index is 9.36. The van der Waals surface area contributed by atoms with Crippen molar-refractivity contribution in [3.8, 4) is 0 Å². The first kappa shape index (κ1) is 8.37. The lowest BCUT2D eigenvalue weighted by Gasteiger charge is -2.29. The summed E-state index contributed by atoms with van der Waals surface area (Å²) in [5.74, 6) is 0. The van der Waals surface area contributed by atoms with Crippen LogP contribution in [-0.2, 0) is 0 Å². The predicted molar refractivity (Wildman–Crippen MR) is 48.7 cm³/mol. The van der Waals surface area contributed by atoms with Crippen molar-refractivity contribution in [1.82, 2.24) is 5.06 Å². The van der Waals surface area contributed by atoms with Crippen LogP contribution in [-0.4, -0.2) is 22.5 Å². The quantitative estimate of drug-likeness (QED) is 0.546. The van der Waals surface area contributed by atoms with Crippen LogP contribution in [0.1, 0.15) is 17.3 Å². The maximum Gasteiger partial charge on any atom is 0.108 e. The lowest BCUT2D eigenvalue weighted by atomic mass is 9.97. The van der Waals surface area contributed by atoms with Crippen molar-refractivity contribution in [3.05, 3.63) is 35.4 Å². The predicted octanol–water partition coefficient (Wildman–Crippen LogP) is 0.717. The zero-order valence-electron chi connectivity index (χ0n) is 7.07. The van der Waals surface area contributed by atoms with Crippen LogP contribution < -0.4 is 5.73 Å². The van der Waals surface area contributed by atoms with Gasteiger partial charge in [-0.15, -0.1) is 0 Å². The summed E-state index contributed by atoms with van der Waals surface area (Å²) >= 11 is 0. The first-order valence-electron chi connectivity index (χ1n) is 4.08. The van der Waals surface area contributed by atoms with Gasteiger partial charge in [-0.25, -0.2) is 0 Å². The van der Waals surface area contributed by atoms with E-state index in [0.29, 0.717) is 5.71 Å². The molecule has 4 N–H and O–H groups in total. The van der Waals surface area contributed by atoms with Gasteiger partial charge in [-0.2, -0.15) is 5.06 Å². The summed E-state index contributed by atoms with van der Waals surface area (Å²) in [5.41, 5.74) is 7.77. The van der Waals surface area contributed by atoms with Gasteiger partial charge < -0.3 is 16.4 Å². The molecule has 0 aliphatic carbocycles. The molecule has 0 radical (unpaired) electrons. The summed E-state index contributed by atoms with van der Waals surface area (Å²) in [7, 11) is 0. The molecule has 2 rings (SSSR count). The van der Waals surface area contributed by atoms with Crippen molar-refractivity contribution in [2.75, 3.05) is 6.54 Å². The van der Waals surface area contributed by atoms with E-state index < -0.39 is 6.17 Å². The third-order valence-electron chi connectivity index (χ3n) is 2.25. The van der Waals surface area contributed by atoms with Crippen LogP contribution in [0.25, 0.3) is 0 Å². The van der Waals surface area contributed by atoms with Gasteiger partial charge in [0.25, 0.3) is 0 Å². The zero-order valence-corrected chi connectivity index (χ0v) is 7.07. The fourth-order valence-corrected chi connectivity index (χ4v) is 1.54. The molecule has 1 aromatic rings. The number of nitrogens with zero attached hydrogens (tertiary/aromatic N) is 1. The van der Waals surface area contributed by atoms with E-state index in [1.165, 1.54) is 0 Å². The van der Waals surface area contributed by atoms with Crippen molar-refractivity contribution in [2.24, 2.45) is 5.73 Å². The number of hydrogen-bond acceptors (Lipinski definition) is 4. The SMILES string of the molecule is N=C1CN(O)C(N)c2ccccc21. The molecule has 4 nitrogen and oxygen atoms in total. The minimum absolute atomic E-state index is 0.193. The number of nitrogens with two attached hydrogens (primary N) is 1. The topological polar surface area (TPSA) is 73.3 Å². The van der Waals surface area contributed by atoms with Gasteiger partial charge in [0.05, 0.1) is 12.3 Å². The maximum atomic E-state index is 9.36. The van der Waals surface area contributed by atoms with Crippen LogP contribution in [0.5, 0.6) is 0 Å². The molecule has 0 spiro atoms. The molecular formula is C9H11N3O. The van der Waals surface area contributed by atoms with Crippen molar-refractivity contribution in [2.45, 2.75) is 6.17 Å². The Hall–Kier alpha value is -1.23. The fourth-order valence-electron chi connectivity index (χ4n) is 1.54. The fraction of sp³-hybridized carbons (Fsp3) is 0.222. The number of rotatable bonds is 0. The molecule has 1 unspecified atom stereocenters. The van der Waals surface area contributed by atoms with E-state index >= 15 is 0 Å². The highest BCUT2D eigenvalue weighted by atomic mass is 16.5. The standard InChI is InChI=1S/C9H11N3O/c10-8-5-12(13)9(11)7-4-2-1-3-6(7)8/h1-4,9-10,13H,5,11H2. The van der Waals surface area contributed by atoms with Gasteiger partial charge >= 0.3 is 0 Å². The average molecular weight is 177 g/mol. The van der Waals surface area contributed by atoms with Gasteiger partial charge in [0.2, 0.25) is 0 Å². The van der Waals surface area contributed by atoms with Crippen molar-refractivity contribution in [1.29, 1.82) is 5.41 Å². The molecule has 0 amide bonds. The highest BCUT2D eigenvalue weighted by molar-refractivity contribution is 6.01. The second-order valence-corrected chi connectivity index (χ2v) is 3.11. The van der Waals surface area contributed by atoms with Crippen LogP contribution in [0.4, 0.5) is 0 Å². The Bertz CT molecular complexity index is 350. The molecule has 0 saturated carbocycles. The van der Waals surface area contributed by atoms with Crippen LogP contribution in [0, 0.1) is 5.41 Å². The molecule has 0 fully saturated rings. The van der Waals surface area contributed by atoms with Crippen molar-refractivity contribution in [3.63, 3.8) is 0 Å². The minimum Gasteiger partial charge on any atom is -0.312 e. The lowest BCUT2D eigenvalue weighted by Crippen LogP contribution is -2.41. The van der Waals surface area contributed by atoms with Crippen LogP contribution in [0.2, 0.25) is 0 Å². The number of nitrogens with one attached hydrogen (secondary N) is 1. The molecule has 0 bridgehead atoms. The smallest absolute Gasteiger partial charge is 0.108 e. The van der Waals surface area contributed by atoms with Gasteiger partial charge in [0.15, 0.2) is 0 Å². The third kappa shape index (κ3) is 1.25. The molecule has 1 heterocycles. The van der Waals surface area contributed by atoms with Crippen molar-refractivity contribution >= 4 is 5.71 Å². The molecule has 4 heteroatoms. The summed E-state index contributed by atoms with van der Waals surface area (Å²) in [6, 6.07) is 7.40. The van der Waals surface area contributed by atoms with Crippen LogP contribution in [0.3, 0.4) is 0 Å². The number of fused-ring (bicyclic) bond motifs is 1. The van der Waals surface area contributed by atoms with E-state index in [-0.39, 0.29) is 6.54 Å². The first-order chi connectivity index (χ1) is 6.20. The van der Waals surface area contributed by atoms with Gasteiger partial charge in [0.1, 0.15) is 6.17 Å². The number of benzene rings is 1. The molecule has 1 aliphatic rings. The largest absolute Gasteiger partial charge is 0.312 e. The monoisotopic (exact) mass is 177 g/mol. The van der Waals surface area contributed by atoms with E-state index in [9.17, 15) is 5.21 Å². The van der Waals surface area contributed by atoms with Gasteiger partial charge in [-0.1, -0.05) is 24.3 Å². The normalized spacial score (nSPS) is 22.9. The molecule has 68 valence electrons. The van der Waals surface area contributed by atoms with E-state index in [1.807, 2.05) is 24.3 Å². The first-order valence-corrected chi connectivity index (χ1v) is 4.08. The second-order valence-electron chi connectivity index (χ2n) is 3.11. The van der Waals surface area contributed by atoms with Gasteiger partial charge in [-0.05, 0) is 5.56 Å². The molecule has 1 aromatic carbocycles. The summed E-state index contributed by atoms with van der Waals surface area (Å²) in [6.45, 7) is 0.193. The van der Waals surface area contributed by atoms with E-state index in [0.717, 1.165) is 16.2 Å². The molecule has 0 saturated heterocycles. The number of hydrogen-bond donors (Lipinski definition) is 3. The highest BCUT2D eigenvalue weighted by Crippen LogP contribution is 2.23. The molecule has 13 heavy (non-hydrogen) atoms. The van der Waals surface area contributed by atoms with Crippen LogP contribution in [0.15, 0.2) is 24.3 Å². The average Bonchev–Trinajstić information content (AvgIpc) is 2.15. The molecule has 1 aliphatic heterocycles. The molecule has 0 aromatic heterocycles. The van der Waals surface area contributed by atoms with Crippen molar-refractivity contribution < 1.29 is 5.21 Å². The summed E-state index contributed by atoms with van der Waals surface area (Å²) in [6.07, 6.45) is -0.509. The van der Waals surface area contributed by atoms with E-state index in [2.05, 4.69) is 0 Å². The lowest BCUT2D eigenvalue weighted by molar-refractivity contribution is -0.116. The van der Waals surface area contributed by atoms with E-state index in [4.69, 9.17) is 11.1 Å². The Morgan fingerprint density at radius 3 is 2.92 bits per heavy atom. The van der Waals surface area contributed by atoms with Crippen LogP contribution >= 0.6 is 0 Å². The zero-order chi connectivity index (χ0) is 9.42. The third-order valence-corrected chi connectivity index (χ3v) is 2.25. The van der Waals surface area contributed by atoms with Gasteiger partial charge in [-0.3, -0.25) is 0 Å². The molecular weight excluding hydrogens is 166 g/mol. The number of hydroxylamine groups is 2. The Morgan fingerprint density at radius 1 is 1.46 bits per heavy atom. The van der Waals surface area contributed by atoms with Gasteiger partial charge in [0, 0.05) is 5.56 Å². The Kier molecular flexibility index (Phi) is 1.88. The second kappa shape index (κ2) is 2.92. The highest BCUT2D eigenvalue weighted by Gasteiger charge is 2.25. The Morgan fingerprint density at radius 2 is 2.15 bits per heavy atom. The summed E-state index contributed by atoms with van der Waals surface area (Å²) in [5, 5.41) is 18.0. The molecule has 1 atom stereocenters.